The van der Waals surface area contributed by atoms with Gasteiger partial charge in [-0.25, -0.2) is 9.59 Å². The number of halogens is 5. The van der Waals surface area contributed by atoms with Crippen LogP contribution in [0.2, 0.25) is 0 Å². The Kier molecular flexibility index (Phi) is 4.45. The van der Waals surface area contributed by atoms with Crippen LogP contribution in [-0.2, 0) is 14.3 Å². The molecule has 0 aliphatic carbocycles. The SMILES string of the molecule is CC(C)(OC(=O)/C=C/C(=O)O)C(F)(F)C(F)(F)F. The summed E-state index contributed by atoms with van der Waals surface area (Å²) < 4.78 is 65.9. The molecule has 9 heteroatoms. The second-order valence-electron chi connectivity index (χ2n) is 3.68. The maximum Gasteiger partial charge on any atom is 0.457 e. The van der Waals surface area contributed by atoms with Gasteiger partial charge in [-0.3, -0.25) is 0 Å². The number of carboxylic acid groups (broad SMARTS) is 1. The molecule has 0 saturated heterocycles. The molecule has 0 atom stereocenters. The highest BCUT2D eigenvalue weighted by Crippen LogP contribution is 2.44. The summed E-state index contributed by atoms with van der Waals surface area (Å²) in [5.41, 5.74) is -3.16. The summed E-state index contributed by atoms with van der Waals surface area (Å²) in [5, 5.41) is 8.13. The minimum atomic E-state index is -5.90. The van der Waals surface area contributed by atoms with Gasteiger partial charge in [-0.15, -0.1) is 0 Å². The van der Waals surface area contributed by atoms with E-state index >= 15 is 0 Å². The van der Waals surface area contributed by atoms with E-state index in [9.17, 15) is 31.5 Å². The lowest BCUT2D eigenvalue weighted by atomic mass is 10.00. The summed E-state index contributed by atoms with van der Waals surface area (Å²) in [6.45, 7) is 0.736. The van der Waals surface area contributed by atoms with Crippen molar-refractivity contribution in [1.29, 1.82) is 0 Å². The molecule has 0 aliphatic heterocycles. The van der Waals surface area contributed by atoms with Crippen LogP contribution in [0.3, 0.4) is 0 Å². The number of hydrogen-bond acceptors (Lipinski definition) is 3. The van der Waals surface area contributed by atoms with Gasteiger partial charge in [-0.1, -0.05) is 0 Å². The van der Waals surface area contributed by atoms with Crippen LogP contribution in [0.4, 0.5) is 22.0 Å². The van der Waals surface area contributed by atoms with E-state index in [-0.39, 0.29) is 12.2 Å². The van der Waals surface area contributed by atoms with Gasteiger partial charge in [0.15, 0.2) is 5.60 Å². The number of ether oxygens (including phenoxy) is 1. The first-order valence-corrected chi connectivity index (χ1v) is 4.40. The third kappa shape index (κ3) is 3.67. The van der Waals surface area contributed by atoms with Gasteiger partial charge in [0.1, 0.15) is 0 Å². The molecule has 0 spiro atoms. The Morgan fingerprint density at radius 2 is 1.50 bits per heavy atom. The van der Waals surface area contributed by atoms with Crippen LogP contribution >= 0.6 is 0 Å². The van der Waals surface area contributed by atoms with E-state index < -0.39 is 29.6 Å². The zero-order valence-electron chi connectivity index (χ0n) is 9.22. The molecule has 0 saturated carbocycles. The molecular weight excluding hydrogens is 267 g/mol. The largest absolute Gasteiger partial charge is 0.478 e. The number of carboxylic acids is 1. The monoisotopic (exact) mass is 276 g/mol. The quantitative estimate of drug-likeness (QED) is 0.485. The summed E-state index contributed by atoms with van der Waals surface area (Å²) in [6, 6.07) is 0. The van der Waals surface area contributed by atoms with E-state index in [4.69, 9.17) is 5.11 Å². The van der Waals surface area contributed by atoms with Crippen LogP contribution in [0.1, 0.15) is 13.8 Å². The lowest BCUT2D eigenvalue weighted by molar-refractivity contribution is -0.335. The van der Waals surface area contributed by atoms with E-state index in [0.29, 0.717) is 13.8 Å². The number of hydrogen-bond donors (Lipinski definition) is 1. The van der Waals surface area contributed by atoms with Gasteiger partial charge in [0.25, 0.3) is 0 Å². The van der Waals surface area contributed by atoms with Crippen LogP contribution in [0.15, 0.2) is 12.2 Å². The Balaban J connectivity index is 4.97. The minimum absolute atomic E-state index is 0.233. The molecule has 0 aromatic heterocycles. The molecule has 0 amide bonds. The molecule has 0 radical (unpaired) electrons. The van der Waals surface area contributed by atoms with Crippen molar-refractivity contribution >= 4 is 11.9 Å². The Hall–Kier alpha value is -1.67. The van der Waals surface area contributed by atoms with E-state index in [1.165, 1.54) is 0 Å². The van der Waals surface area contributed by atoms with Gasteiger partial charge < -0.3 is 9.84 Å². The fourth-order valence-electron chi connectivity index (χ4n) is 0.830. The Labute approximate surface area is 98.0 Å². The van der Waals surface area contributed by atoms with Crippen molar-refractivity contribution in [2.45, 2.75) is 31.5 Å². The fourth-order valence-corrected chi connectivity index (χ4v) is 0.830. The summed E-state index contributed by atoms with van der Waals surface area (Å²) in [4.78, 5) is 20.9. The van der Waals surface area contributed by atoms with Gasteiger partial charge in [0, 0.05) is 12.2 Å². The summed E-state index contributed by atoms with van der Waals surface area (Å²) in [6.07, 6.45) is -5.41. The molecule has 4 nitrogen and oxygen atoms in total. The molecule has 0 bridgehead atoms. The van der Waals surface area contributed by atoms with Crippen molar-refractivity contribution in [3.05, 3.63) is 12.2 Å². The third-order valence-corrected chi connectivity index (χ3v) is 1.83. The number of aliphatic carboxylic acids is 1. The zero-order chi connectivity index (χ0) is 14.8. The predicted molar refractivity (Wildman–Crippen MR) is 47.9 cm³/mol. The second-order valence-corrected chi connectivity index (χ2v) is 3.68. The van der Waals surface area contributed by atoms with Crippen LogP contribution in [0, 0.1) is 0 Å². The average Bonchev–Trinajstić information content (AvgIpc) is 2.11. The number of esters is 1. The van der Waals surface area contributed by atoms with E-state index in [2.05, 4.69) is 4.74 Å². The van der Waals surface area contributed by atoms with Gasteiger partial charge in [0.05, 0.1) is 0 Å². The van der Waals surface area contributed by atoms with Gasteiger partial charge >= 0.3 is 24.0 Å². The predicted octanol–water partition coefficient (Wildman–Crippen LogP) is 2.15. The molecule has 0 rings (SSSR count). The minimum Gasteiger partial charge on any atom is -0.478 e. The molecule has 0 aliphatic rings. The molecule has 0 fully saturated rings. The van der Waals surface area contributed by atoms with Crippen molar-refractivity contribution in [3.63, 3.8) is 0 Å². The first-order chi connectivity index (χ1) is 7.81. The maximum absolute atomic E-state index is 12.9. The smallest absolute Gasteiger partial charge is 0.457 e. The van der Waals surface area contributed by atoms with Crippen LogP contribution in [0.5, 0.6) is 0 Å². The fraction of sp³-hybridized carbons (Fsp3) is 0.556. The number of carbonyl (C=O) groups excluding carboxylic acids is 1. The van der Waals surface area contributed by atoms with Crippen molar-refractivity contribution in [2.75, 3.05) is 0 Å². The average molecular weight is 276 g/mol. The van der Waals surface area contributed by atoms with E-state index in [1.807, 2.05) is 0 Å². The number of rotatable bonds is 4. The first kappa shape index (κ1) is 16.3. The van der Waals surface area contributed by atoms with Crippen molar-refractivity contribution < 1.29 is 41.4 Å². The highest BCUT2D eigenvalue weighted by Gasteiger charge is 2.68. The van der Waals surface area contributed by atoms with Crippen molar-refractivity contribution in [2.24, 2.45) is 0 Å². The first-order valence-electron chi connectivity index (χ1n) is 4.40. The lowest BCUT2D eigenvalue weighted by Gasteiger charge is -2.34. The van der Waals surface area contributed by atoms with Crippen LogP contribution in [-0.4, -0.2) is 34.7 Å². The Morgan fingerprint density at radius 3 is 1.83 bits per heavy atom. The molecule has 104 valence electrons. The molecule has 18 heavy (non-hydrogen) atoms. The molecule has 0 heterocycles. The van der Waals surface area contributed by atoms with Crippen LogP contribution in [0.25, 0.3) is 0 Å². The maximum atomic E-state index is 12.9. The van der Waals surface area contributed by atoms with Crippen molar-refractivity contribution in [1.82, 2.24) is 0 Å². The summed E-state index contributed by atoms with van der Waals surface area (Å²) in [5.74, 6) is -8.47. The molecule has 0 unspecified atom stereocenters. The molecular formula is C9H9F5O4. The van der Waals surface area contributed by atoms with Crippen molar-refractivity contribution in [3.8, 4) is 0 Å². The Morgan fingerprint density at radius 1 is 1.06 bits per heavy atom. The van der Waals surface area contributed by atoms with Gasteiger partial charge in [-0.05, 0) is 13.8 Å². The van der Waals surface area contributed by atoms with E-state index in [0.717, 1.165) is 0 Å². The van der Waals surface area contributed by atoms with Gasteiger partial charge in [-0.2, -0.15) is 22.0 Å². The summed E-state index contributed by atoms with van der Waals surface area (Å²) in [7, 11) is 0. The normalized spacial score (nSPS) is 13.7. The Bertz CT molecular complexity index is 370. The molecule has 1 N–H and O–H groups in total. The topological polar surface area (TPSA) is 63.6 Å². The zero-order valence-corrected chi connectivity index (χ0v) is 9.22. The van der Waals surface area contributed by atoms with E-state index in [1.54, 1.807) is 0 Å². The third-order valence-electron chi connectivity index (χ3n) is 1.83. The standard InChI is InChI=1S/C9H9F5O4/c1-7(2,8(10,11)9(12,13)14)18-6(17)4-3-5(15)16/h3-4H,1-2H3,(H,15,16)/b4-3+. The van der Waals surface area contributed by atoms with Crippen LogP contribution < -0.4 is 0 Å². The highest BCUT2D eigenvalue weighted by molar-refractivity contribution is 5.90. The summed E-state index contributed by atoms with van der Waals surface area (Å²) >= 11 is 0. The second kappa shape index (κ2) is 4.91. The number of alkyl halides is 5. The highest BCUT2D eigenvalue weighted by atomic mass is 19.4. The van der Waals surface area contributed by atoms with Gasteiger partial charge in [0.2, 0.25) is 0 Å². The molecule has 0 aromatic rings. The number of carbonyl (C=O) groups is 2. The lowest BCUT2D eigenvalue weighted by Crippen LogP contribution is -2.55. The molecule has 0 aromatic carbocycles.